The fraction of sp³-hybridized carbons (Fsp3) is 0.500. The van der Waals surface area contributed by atoms with E-state index in [2.05, 4.69) is 41.7 Å². The first kappa shape index (κ1) is 14.3. The van der Waals surface area contributed by atoms with Gasteiger partial charge in [-0.2, -0.15) is 5.26 Å². The molecule has 2 rings (SSSR count). The highest BCUT2D eigenvalue weighted by atomic mass is 79.9. The smallest absolute Gasteiger partial charge is 0.161 e. The van der Waals surface area contributed by atoms with Gasteiger partial charge < -0.3 is 4.90 Å². The molecule has 1 aromatic rings. The van der Waals surface area contributed by atoms with E-state index in [1.54, 1.807) is 12.1 Å². The molecule has 0 atom stereocenters. The Balaban J connectivity index is 2.34. The molecule has 3 nitrogen and oxygen atoms in total. The lowest BCUT2D eigenvalue weighted by atomic mass is 9.99. The fourth-order valence-electron chi connectivity index (χ4n) is 2.32. The Labute approximate surface area is 121 Å². The van der Waals surface area contributed by atoms with E-state index in [0.29, 0.717) is 11.3 Å². The average molecular weight is 326 g/mol. The number of rotatable bonds is 1. The topological polar surface area (TPSA) is 30.3 Å². The first-order chi connectivity index (χ1) is 8.86. The van der Waals surface area contributed by atoms with Crippen molar-refractivity contribution in [3.8, 4) is 6.07 Å². The van der Waals surface area contributed by atoms with Crippen LogP contribution in [0.2, 0.25) is 0 Å². The van der Waals surface area contributed by atoms with Crippen LogP contribution in [0.1, 0.15) is 19.4 Å². The Morgan fingerprint density at radius 3 is 2.63 bits per heavy atom. The summed E-state index contributed by atoms with van der Waals surface area (Å²) < 4.78 is 14.6. The molecule has 0 saturated carbocycles. The zero-order valence-corrected chi connectivity index (χ0v) is 13.0. The minimum Gasteiger partial charge on any atom is -0.366 e. The molecule has 5 heteroatoms. The molecule has 102 valence electrons. The van der Waals surface area contributed by atoms with Gasteiger partial charge in [0.1, 0.15) is 6.07 Å². The van der Waals surface area contributed by atoms with Crippen molar-refractivity contribution in [2.45, 2.75) is 19.4 Å². The summed E-state index contributed by atoms with van der Waals surface area (Å²) in [6, 6.07) is 5.33. The van der Waals surface area contributed by atoms with Gasteiger partial charge in [-0.3, -0.25) is 4.90 Å². The first-order valence-electron chi connectivity index (χ1n) is 6.21. The SMILES string of the molecule is CN1CCN(c2ccc(C#N)c(Br)c2F)CC1(C)C. The standard InChI is InChI=1S/C14H17BrFN3/c1-14(2)9-19(7-6-18(14)3)11-5-4-10(8-17)12(15)13(11)16/h4-5H,6-7,9H2,1-3H3. The van der Waals surface area contributed by atoms with Crippen LogP contribution < -0.4 is 4.90 Å². The summed E-state index contributed by atoms with van der Waals surface area (Å²) in [5.74, 6) is -0.348. The quantitative estimate of drug-likeness (QED) is 0.795. The molecule has 1 aliphatic heterocycles. The molecular formula is C14H17BrFN3. The van der Waals surface area contributed by atoms with E-state index in [9.17, 15) is 4.39 Å². The normalized spacial score (nSPS) is 19.3. The van der Waals surface area contributed by atoms with Crippen molar-refractivity contribution in [1.29, 1.82) is 5.26 Å². The van der Waals surface area contributed by atoms with Crippen molar-refractivity contribution in [2.24, 2.45) is 0 Å². The lowest BCUT2D eigenvalue weighted by Gasteiger charge is -2.46. The number of hydrogen-bond donors (Lipinski definition) is 0. The van der Waals surface area contributed by atoms with Crippen LogP contribution >= 0.6 is 15.9 Å². The summed E-state index contributed by atoms with van der Waals surface area (Å²) in [7, 11) is 2.09. The molecule has 19 heavy (non-hydrogen) atoms. The number of hydrogen-bond acceptors (Lipinski definition) is 3. The molecule has 0 N–H and O–H groups in total. The maximum atomic E-state index is 14.3. The molecule has 1 fully saturated rings. The fourth-order valence-corrected chi connectivity index (χ4v) is 2.74. The summed E-state index contributed by atoms with van der Waals surface area (Å²) in [5.41, 5.74) is 0.895. The van der Waals surface area contributed by atoms with Crippen LogP contribution in [0.3, 0.4) is 0 Å². The molecule has 0 aromatic heterocycles. The van der Waals surface area contributed by atoms with Gasteiger partial charge in [0.05, 0.1) is 15.7 Å². The molecule has 0 radical (unpaired) electrons. The number of anilines is 1. The number of nitriles is 1. The molecule has 1 heterocycles. The van der Waals surface area contributed by atoms with E-state index in [1.807, 2.05) is 11.0 Å². The summed E-state index contributed by atoms with van der Waals surface area (Å²) in [5, 5.41) is 8.89. The highest BCUT2D eigenvalue weighted by Crippen LogP contribution is 2.32. The molecule has 1 aromatic carbocycles. The Morgan fingerprint density at radius 2 is 2.05 bits per heavy atom. The molecule has 1 saturated heterocycles. The predicted octanol–water partition coefficient (Wildman–Crippen LogP) is 2.99. The molecular weight excluding hydrogens is 309 g/mol. The van der Waals surface area contributed by atoms with Crippen molar-refractivity contribution in [2.75, 3.05) is 31.6 Å². The number of likely N-dealkylation sites (N-methyl/N-ethyl adjacent to an activating group) is 1. The molecule has 0 aliphatic carbocycles. The Morgan fingerprint density at radius 1 is 1.37 bits per heavy atom. The predicted molar refractivity (Wildman–Crippen MR) is 77.7 cm³/mol. The average Bonchev–Trinajstić information content (AvgIpc) is 2.36. The summed E-state index contributed by atoms with van der Waals surface area (Å²) >= 11 is 3.16. The maximum Gasteiger partial charge on any atom is 0.161 e. The van der Waals surface area contributed by atoms with Crippen LogP contribution in [0, 0.1) is 17.1 Å². The van der Waals surface area contributed by atoms with E-state index in [-0.39, 0.29) is 15.8 Å². The Hall–Kier alpha value is -1.12. The van der Waals surface area contributed by atoms with E-state index >= 15 is 0 Å². The van der Waals surface area contributed by atoms with E-state index in [0.717, 1.165) is 19.6 Å². The van der Waals surface area contributed by atoms with Gasteiger partial charge in [-0.25, -0.2) is 4.39 Å². The monoisotopic (exact) mass is 325 g/mol. The van der Waals surface area contributed by atoms with Crippen LogP contribution in [0.25, 0.3) is 0 Å². The second-order valence-electron chi connectivity index (χ2n) is 5.53. The highest BCUT2D eigenvalue weighted by molar-refractivity contribution is 9.10. The van der Waals surface area contributed by atoms with E-state index in [1.165, 1.54) is 0 Å². The van der Waals surface area contributed by atoms with Gasteiger partial charge in [-0.1, -0.05) is 0 Å². The van der Waals surface area contributed by atoms with Crippen LogP contribution in [0.5, 0.6) is 0 Å². The van der Waals surface area contributed by atoms with Gasteiger partial charge in [0.2, 0.25) is 0 Å². The van der Waals surface area contributed by atoms with Gasteiger partial charge in [-0.15, -0.1) is 0 Å². The Bertz CT molecular complexity index is 536. The number of benzene rings is 1. The summed E-state index contributed by atoms with van der Waals surface area (Å²) in [6.45, 7) is 6.74. The first-order valence-corrected chi connectivity index (χ1v) is 7.00. The van der Waals surface area contributed by atoms with E-state index in [4.69, 9.17) is 5.26 Å². The molecule has 0 bridgehead atoms. The van der Waals surface area contributed by atoms with Crippen LogP contribution in [0.15, 0.2) is 16.6 Å². The van der Waals surface area contributed by atoms with Crippen molar-refractivity contribution < 1.29 is 4.39 Å². The third kappa shape index (κ3) is 2.60. The highest BCUT2D eigenvalue weighted by Gasteiger charge is 2.32. The second kappa shape index (κ2) is 5.10. The third-order valence-electron chi connectivity index (χ3n) is 3.84. The minimum atomic E-state index is -0.348. The minimum absolute atomic E-state index is 0.00503. The van der Waals surface area contributed by atoms with Gasteiger partial charge >= 0.3 is 0 Å². The molecule has 1 aliphatic rings. The van der Waals surface area contributed by atoms with Gasteiger partial charge in [0.25, 0.3) is 0 Å². The molecule has 0 amide bonds. The van der Waals surface area contributed by atoms with Gasteiger partial charge in [0.15, 0.2) is 5.82 Å². The lowest BCUT2D eigenvalue weighted by molar-refractivity contribution is 0.138. The Kier molecular flexibility index (Phi) is 3.84. The second-order valence-corrected chi connectivity index (χ2v) is 6.32. The van der Waals surface area contributed by atoms with Crippen LogP contribution in [-0.2, 0) is 0 Å². The third-order valence-corrected chi connectivity index (χ3v) is 4.61. The zero-order valence-electron chi connectivity index (χ0n) is 11.4. The zero-order chi connectivity index (χ0) is 14.2. The number of nitrogens with zero attached hydrogens (tertiary/aromatic N) is 3. The number of halogens is 2. The van der Waals surface area contributed by atoms with Crippen molar-refractivity contribution in [1.82, 2.24) is 4.90 Å². The maximum absolute atomic E-state index is 14.3. The van der Waals surface area contributed by atoms with Crippen molar-refractivity contribution in [3.05, 3.63) is 28.0 Å². The van der Waals surface area contributed by atoms with Crippen LogP contribution in [0.4, 0.5) is 10.1 Å². The van der Waals surface area contributed by atoms with Gasteiger partial charge in [0, 0.05) is 25.2 Å². The number of piperazine rings is 1. The molecule has 0 spiro atoms. The van der Waals surface area contributed by atoms with Crippen molar-refractivity contribution >= 4 is 21.6 Å². The molecule has 0 unspecified atom stereocenters. The summed E-state index contributed by atoms with van der Waals surface area (Å²) in [4.78, 5) is 4.32. The van der Waals surface area contributed by atoms with Crippen molar-refractivity contribution in [3.63, 3.8) is 0 Å². The summed E-state index contributed by atoms with van der Waals surface area (Å²) in [6.07, 6.45) is 0. The van der Waals surface area contributed by atoms with E-state index < -0.39 is 0 Å². The van der Waals surface area contributed by atoms with Crippen LogP contribution in [-0.4, -0.2) is 37.1 Å². The lowest BCUT2D eigenvalue weighted by Crippen LogP contribution is -2.57. The van der Waals surface area contributed by atoms with Gasteiger partial charge in [-0.05, 0) is 49.0 Å². The largest absolute Gasteiger partial charge is 0.366 e.